The zero-order chi connectivity index (χ0) is 7.82. The van der Waals surface area contributed by atoms with Crippen molar-refractivity contribution >= 4 is 5.78 Å². The lowest BCUT2D eigenvalue weighted by Gasteiger charge is -1.94. The van der Waals surface area contributed by atoms with E-state index in [0.29, 0.717) is 6.42 Å². The molecule has 0 saturated carbocycles. The van der Waals surface area contributed by atoms with Gasteiger partial charge < -0.3 is 5.32 Å². The Bertz CT molecular complexity index is 114. The topological polar surface area (TPSA) is 58.5 Å². The molecule has 0 rings (SSSR count). The molecule has 0 atom stereocenters. The minimum absolute atomic E-state index is 0.0785. The molecule has 0 spiro atoms. The molecular weight excluding hydrogens is 132 g/mol. The van der Waals surface area contributed by atoms with Crippen LogP contribution in [-0.2, 0) is 4.79 Å². The highest BCUT2D eigenvalue weighted by molar-refractivity contribution is 5.80. The number of hydrogen-bond donors (Lipinski definition) is 1. The van der Waals surface area contributed by atoms with E-state index >= 15 is 0 Å². The van der Waals surface area contributed by atoms with Gasteiger partial charge in [-0.1, -0.05) is 5.18 Å². The molecule has 0 aliphatic rings. The van der Waals surface area contributed by atoms with Gasteiger partial charge in [-0.2, -0.15) is 4.91 Å². The molecule has 10 heavy (non-hydrogen) atoms. The molecule has 0 aromatic rings. The molecule has 1 N–H and O–H groups in total. The molecule has 0 heterocycles. The van der Waals surface area contributed by atoms with Gasteiger partial charge in [-0.15, -0.1) is 0 Å². The Labute approximate surface area is 60.0 Å². The maximum atomic E-state index is 10.6. The van der Waals surface area contributed by atoms with Gasteiger partial charge in [0.15, 0.2) is 5.78 Å². The molecule has 0 saturated heterocycles. The highest BCUT2D eigenvalue weighted by Gasteiger charge is 1.98. The lowest BCUT2D eigenvalue weighted by molar-refractivity contribution is -0.117. The van der Waals surface area contributed by atoms with E-state index in [1.54, 1.807) is 0 Å². The van der Waals surface area contributed by atoms with Crippen LogP contribution in [0.4, 0.5) is 0 Å². The monoisotopic (exact) mass is 144 g/mol. The van der Waals surface area contributed by atoms with Gasteiger partial charge in [0.1, 0.15) is 6.54 Å². The number of ketones is 1. The normalized spacial score (nSPS) is 9.30. The van der Waals surface area contributed by atoms with Gasteiger partial charge in [0, 0.05) is 6.42 Å². The Morgan fingerprint density at radius 3 is 2.80 bits per heavy atom. The summed E-state index contributed by atoms with van der Waals surface area (Å²) in [6, 6.07) is 0. The minimum atomic E-state index is -0.177. The third kappa shape index (κ3) is 5.37. The van der Waals surface area contributed by atoms with Crippen molar-refractivity contribution in [2.75, 3.05) is 20.1 Å². The minimum Gasteiger partial charge on any atom is -0.320 e. The summed E-state index contributed by atoms with van der Waals surface area (Å²) >= 11 is 0. The van der Waals surface area contributed by atoms with E-state index in [1.807, 2.05) is 7.05 Å². The predicted molar refractivity (Wildman–Crippen MR) is 38.8 cm³/mol. The van der Waals surface area contributed by atoms with Crippen molar-refractivity contribution in [3.8, 4) is 0 Å². The van der Waals surface area contributed by atoms with Crippen LogP contribution in [0.2, 0.25) is 0 Å². The van der Waals surface area contributed by atoms with Crippen molar-refractivity contribution in [1.82, 2.24) is 5.32 Å². The molecule has 0 amide bonds. The third-order valence-electron chi connectivity index (χ3n) is 1.12. The molecule has 58 valence electrons. The molecule has 0 aromatic carbocycles. The van der Waals surface area contributed by atoms with E-state index < -0.39 is 0 Å². The second-order valence-electron chi connectivity index (χ2n) is 2.03. The van der Waals surface area contributed by atoms with Crippen LogP contribution < -0.4 is 5.32 Å². The first-order chi connectivity index (χ1) is 4.81. The molecule has 0 unspecified atom stereocenters. The number of nitrogens with zero attached hydrogens (tertiary/aromatic N) is 1. The fraction of sp³-hybridized carbons (Fsp3) is 0.833. The number of nitroso groups, excluding NO2 is 1. The molecule has 0 radical (unpaired) electrons. The van der Waals surface area contributed by atoms with Gasteiger partial charge in [0.05, 0.1) is 0 Å². The second kappa shape index (κ2) is 6.35. The number of hydrogen-bond acceptors (Lipinski definition) is 4. The first kappa shape index (κ1) is 9.23. The Hall–Kier alpha value is -0.770. The van der Waals surface area contributed by atoms with Gasteiger partial charge in [-0.3, -0.25) is 4.79 Å². The summed E-state index contributed by atoms with van der Waals surface area (Å²) in [7, 11) is 1.82. The zero-order valence-corrected chi connectivity index (χ0v) is 6.09. The van der Waals surface area contributed by atoms with Crippen LogP contribution in [-0.4, -0.2) is 25.9 Å². The van der Waals surface area contributed by atoms with E-state index in [4.69, 9.17) is 0 Å². The third-order valence-corrected chi connectivity index (χ3v) is 1.12. The lowest BCUT2D eigenvalue weighted by atomic mass is 10.2. The van der Waals surface area contributed by atoms with E-state index in [-0.39, 0.29) is 12.3 Å². The summed E-state index contributed by atoms with van der Waals surface area (Å²) in [4.78, 5) is 20.2. The molecule has 4 nitrogen and oxygen atoms in total. The van der Waals surface area contributed by atoms with Gasteiger partial charge >= 0.3 is 0 Å². The molecular formula is C6H12N2O2. The number of Topliss-reactive ketones (excluding diaryl/α,β-unsaturated/α-hetero) is 1. The smallest absolute Gasteiger partial charge is 0.157 e. The largest absolute Gasteiger partial charge is 0.320 e. The van der Waals surface area contributed by atoms with Crippen LogP contribution in [0.15, 0.2) is 5.18 Å². The average molecular weight is 144 g/mol. The number of nitrogens with one attached hydrogen (secondary N) is 1. The molecule has 0 aliphatic carbocycles. The quantitative estimate of drug-likeness (QED) is 0.431. The Morgan fingerprint density at radius 2 is 2.30 bits per heavy atom. The van der Waals surface area contributed by atoms with Crippen molar-refractivity contribution in [1.29, 1.82) is 0 Å². The first-order valence-electron chi connectivity index (χ1n) is 3.26. The maximum absolute atomic E-state index is 10.6. The van der Waals surface area contributed by atoms with Crippen LogP contribution >= 0.6 is 0 Å². The van der Waals surface area contributed by atoms with Crippen LogP contribution in [0, 0.1) is 4.91 Å². The predicted octanol–water partition coefficient (Wildman–Crippen LogP) is 0.321. The standard InChI is InChI=1S/C6H12N2O2/c1-7-4-2-3-6(9)5-8-10/h7H,2-5H2,1H3. The van der Waals surface area contributed by atoms with E-state index in [1.165, 1.54) is 0 Å². The fourth-order valence-corrected chi connectivity index (χ4v) is 0.613. The fourth-order valence-electron chi connectivity index (χ4n) is 0.613. The van der Waals surface area contributed by atoms with Crippen molar-refractivity contribution in [3.63, 3.8) is 0 Å². The summed E-state index contributed by atoms with van der Waals surface area (Å²) in [5, 5.41) is 5.40. The van der Waals surface area contributed by atoms with Crippen LogP contribution in [0.3, 0.4) is 0 Å². The highest BCUT2D eigenvalue weighted by Crippen LogP contribution is 1.89. The summed E-state index contributed by atoms with van der Waals surface area (Å²) < 4.78 is 0. The van der Waals surface area contributed by atoms with Crippen molar-refractivity contribution < 1.29 is 4.79 Å². The van der Waals surface area contributed by atoms with Crippen molar-refractivity contribution in [3.05, 3.63) is 4.91 Å². The van der Waals surface area contributed by atoms with E-state index in [2.05, 4.69) is 10.5 Å². The average Bonchev–Trinajstić information content (AvgIpc) is 1.89. The Morgan fingerprint density at radius 1 is 1.60 bits per heavy atom. The summed E-state index contributed by atoms with van der Waals surface area (Å²) in [5.74, 6) is -0.0785. The van der Waals surface area contributed by atoms with E-state index in [9.17, 15) is 9.70 Å². The lowest BCUT2D eigenvalue weighted by Crippen LogP contribution is -2.10. The van der Waals surface area contributed by atoms with Crippen molar-refractivity contribution in [2.45, 2.75) is 12.8 Å². The van der Waals surface area contributed by atoms with E-state index in [0.717, 1.165) is 13.0 Å². The van der Waals surface area contributed by atoms with Gasteiger partial charge in [-0.05, 0) is 20.0 Å². The highest BCUT2D eigenvalue weighted by atomic mass is 16.3. The van der Waals surface area contributed by atoms with Crippen LogP contribution in [0.25, 0.3) is 0 Å². The molecule has 0 bridgehead atoms. The van der Waals surface area contributed by atoms with Crippen molar-refractivity contribution in [2.24, 2.45) is 5.18 Å². The SMILES string of the molecule is CNCCCC(=O)CN=O. The van der Waals surface area contributed by atoms with Crippen LogP contribution in [0.1, 0.15) is 12.8 Å². The summed E-state index contributed by atoms with van der Waals surface area (Å²) in [6.07, 6.45) is 1.23. The van der Waals surface area contributed by atoms with Gasteiger partial charge in [0.25, 0.3) is 0 Å². The Balaban J connectivity index is 3.13. The van der Waals surface area contributed by atoms with Gasteiger partial charge in [0.2, 0.25) is 0 Å². The first-order valence-corrected chi connectivity index (χ1v) is 3.26. The Kier molecular flexibility index (Phi) is 5.86. The molecule has 0 aliphatic heterocycles. The molecule has 4 heteroatoms. The molecule has 0 fully saturated rings. The second-order valence-corrected chi connectivity index (χ2v) is 2.03. The summed E-state index contributed by atoms with van der Waals surface area (Å²) in [5.41, 5.74) is 0. The summed E-state index contributed by atoms with van der Waals surface area (Å²) in [6.45, 7) is 0.633. The number of carbonyl (C=O) groups is 1. The van der Waals surface area contributed by atoms with Gasteiger partial charge in [-0.25, -0.2) is 0 Å². The number of rotatable bonds is 6. The number of carbonyl (C=O) groups excluding carboxylic acids is 1. The maximum Gasteiger partial charge on any atom is 0.157 e. The zero-order valence-electron chi connectivity index (χ0n) is 6.09. The molecule has 0 aromatic heterocycles. The van der Waals surface area contributed by atoms with Crippen LogP contribution in [0.5, 0.6) is 0 Å².